The van der Waals surface area contributed by atoms with E-state index in [1.54, 1.807) is 11.3 Å². The lowest BCUT2D eigenvalue weighted by Crippen LogP contribution is -2.18. The van der Waals surface area contributed by atoms with Gasteiger partial charge in [-0.05, 0) is 35.9 Å². The minimum absolute atomic E-state index is 0.0218. The Labute approximate surface area is 104 Å². The van der Waals surface area contributed by atoms with Crippen LogP contribution in [0.2, 0.25) is 0 Å². The number of aliphatic hydroxyl groups excluding tert-OH is 1. The molecule has 0 spiro atoms. The minimum Gasteiger partial charge on any atom is -0.485 e. The fourth-order valence-electron chi connectivity index (χ4n) is 2.23. The Morgan fingerprint density at radius 1 is 1.35 bits per heavy atom. The number of aliphatic hydroxyl groups is 1. The molecule has 0 radical (unpaired) electrons. The van der Waals surface area contributed by atoms with Crippen molar-refractivity contribution in [1.29, 1.82) is 0 Å². The largest absolute Gasteiger partial charge is 0.485 e. The zero-order valence-corrected chi connectivity index (χ0v) is 10.4. The lowest BCUT2D eigenvalue weighted by Gasteiger charge is -2.29. The first kappa shape index (κ1) is 10.8. The van der Waals surface area contributed by atoms with E-state index < -0.39 is 6.10 Å². The van der Waals surface area contributed by atoms with Gasteiger partial charge in [0, 0.05) is 17.5 Å². The summed E-state index contributed by atoms with van der Waals surface area (Å²) in [5.74, 6) is 0.811. The molecule has 0 saturated heterocycles. The monoisotopic (exact) mass is 246 g/mol. The molecule has 0 amide bonds. The van der Waals surface area contributed by atoms with Crippen molar-refractivity contribution in [3.63, 3.8) is 0 Å². The van der Waals surface area contributed by atoms with Crippen molar-refractivity contribution in [2.24, 2.45) is 0 Å². The number of rotatable bonds is 1. The summed E-state index contributed by atoms with van der Waals surface area (Å²) >= 11 is 1.66. The molecule has 1 aliphatic heterocycles. The van der Waals surface area contributed by atoms with E-state index in [1.807, 2.05) is 30.5 Å². The first-order valence-electron chi connectivity index (χ1n) is 5.71. The predicted octanol–water partition coefficient (Wildman–Crippen LogP) is 3.61. The highest BCUT2D eigenvalue weighted by molar-refractivity contribution is 7.07. The van der Waals surface area contributed by atoms with E-state index in [0.29, 0.717) is 6.42 Å². The van der Waals surface area contributed by atoms with Crippen LogP contribution >= 0.6 is 11.3 Å². The number of fused-ring (bicyclic) bond motifs is 1. The molecule has 0 saturated carbocycles. The second-order valence-electron chi connectivity index (χ2n) is 4.46. The van der Waals surface area contributed by atoms with Crippen LogP contribution in [0.1, 0.15) is 35.3 Å². The van der Waals surface area contributed by atoms with Crippen LogP contribution in [0.25, 0.3) is 0 Å². The third-order valence-corrected chi connectivity index (χ3v) is 3.85. The zero-order chi connectivity index (χ0) is 11.8. The molecule has 1 unspecified atom stereocenters. The second kappa shape index (κ2) is 4.17. The number of hydrogen-bond acceptors (Lipinski definition) is 3. The van der Waals surface area contributed by atoms with Crippen molar-refractivity contribution in [2.75, 3.05) is 0 Å². The van der Waals surface area contributed by atoms with E-state index in [9.17, 15) is 5.11 Å². The Kier molecular flexibility index (Phi) is 2.65. The summed E-state index contributed by atoms with van der Waals surface area (Å²) < 4.78 is 5.95. The second-order valence-corrected chi connectivity index (χ2v) is 5.24. The Hall–Kier alpha value is -1.32. The van der Waals surface area contributed by atoms with Crippen LogP contribution in [0.5, 0.6) is 5.75 Å². The number of benzene rings is 1. The highest BCUT2D eigenvalue weighted by atomic mass is 32.1. The average Bonchev–Trinajstić information content (AvgIpc) is 2.83. The molecule has 1 aliphatic rings. The summed E-state index contributed by atoms with van der Waals surface area (Å²) in [6, 6.07) is 8.03. The normalized spacial score (nSPS) is 22.9. The molecule has 88 valence electrons. The highest BCUT2D eigenvalue weighted by Crippen LogP contribution is 2.41. The molecule has 2 heterocycles. The summed E-state index contributed by atoms with van der Waals surface area (Å²) in [5, 5.41) is 14.3. The van der Waals surface area contributed by atoms with E-state index in [0.717, 1.165) is 22.4 Å². The molecule has 0 aliphatic carbocycles. The van der Waals surface area contributed by atoms with Gasteiger partial charge in [-0.2, -0.15) is 11.3 Å². The average molecular weight is 246 g/mol. The molecule has 1 N–H and O–H groups in total. The fourth-order valence-corrected chi connectivity index (χ4v) is 2.93. The number of ether oxygens (including phenoxy) is 1. The molecule has 2 nitrogen and oxygen atoms in total. The Morgan fingerprint density at radius 3 is 3.00 bits per heavy atom. The quantitative estimate of drug-likeness (QED) is 0.832. The smallest absolute Gasteiger partial charge is 0.127 e. The van der Waals surface area contributed by atoms with E-state index in [2.05, 4.69) is 11.4 Å². The van der Waals surface area contributed by atoms with Gasteiger partial charge in [0.2, 0.25) is 0 Å². The van der Waals surface area contributed by atoms with E-state index in [4.69, 9.17) is 4.74 Å². The van der Waals surface area contributed by atoms with Crippen LogP contribution in [0, 0.1) is 6.92 Å². The first-order chi connectivity index (χ1) is 8.24. The molecule has 3 heteroatoms. The molecular formula is C14H14O2S. The van der Waals surface area contributed by atoms with E-state index in [1.165, 1.54) is 0 Å². The predicted molar refractivity (Wildman–Crippen MR) is 68.4 cm³/mol. The van der Waals surface area contributed by atoms with Crippen molar-refractivity contribution in [2.45, 2.75) is 25.6 Å². The maximum Gasteiger partial charge on any atom is 0.127 e. The van der Waals surface area contributed by atoms with Gasteiger partial charge in [-0.15, -0.1) is 0 Å². The van der Waals surface area contributed by atoms with Gasteiger partial charge in [0.1, 0.15) is 11.9 Å². The Bertz CT molecular complexity index is 519. The van der Waals surface area contributed by atoms with Gasteiger partial charge in [-0.1, -0.05) is 11.6 Å². The van der Waals surface area contributed by atoms with Crippen LogP contribution in [0.3, 0.4) is 0 Å². The molecule has 0 fully saturated rings. The van der Waals surface area contributed by atoms with E-state index >= 15 is 0 Å². The van der Waals surface area contributed by atoms with Gasteiger partial charge in [-0.3, -0.25) is 0 Å². The van der Waals surface area contributed by atoms with Crippen LogP contribution in [0.4, 0.5) is 0 Å². The van der Waals surface area contributed by atoms with Gasteiger partial charge < -0.3 is 9.84 Å². The molecular weight excluding hydrogens is 232 g/mol. The maximum atomic E-state index is 10.2. The molecule has 1 aromatic carbocycles. The van der Waals surface area contributed by atoms with Crippen molar-refractivity contribution in [3.05, 3.63) is 51.7 Å². The summed E-state index contributed by atoms with van der Waals surface area (Å²) in [7, 11) is 0. The number of hydrogen-bond donors (Lipinski definition) is 1. The standard InChI is InChI=1S/C14H14O2S/c1-9-2-3-13-11(6-9)12(15)7-14(16-13)10-4-5-17-8-10/h2-6,8,12,14-15H,7H2,1H3/t12-,14?/m0/s1. The Balaban J connectivity index is 1.96. The third kappa shape index (κ3) is 1.96. The first-order valence-corrected chi connectivity index (χ1v) is 6.65. The van der Waals surface area contributed by atoms with Crippen LogP contribution < -0.4 is 4.74 Å². The highest BCUT2D eigenvalue weighted by Gasteiger charge is 2.28. The van der Waals surface area contributed by atoms with Crippen LogP contribution in [0.15, 0.2) is 35.0 Å². The number of thiophene rings is 1. The van der Waals surface area contributed by atoms with Crippen molar-refractivity contribution in [3.8, 4) is 5.75 Å². The van der Waals surface area contributed by atoms with Gasteiger partial charge >= 0.3 is 0 Å². The van der Waals surface area contributed by atoms with Crippen LogP contribution in [-0.2, 0) is 0 Å². The summed E-state index contributed by atoms with van der Waals surface area (Å²) in [4.78, 5) is 0. The Morgan fingerprint density at radius 2 is 2.24 bits per heavy atom. The van der Waals surface area contributed by atoms with Gasteiger partial charge in [0.05, 0.1) is 6.10 Å². The third-order valence-electron chi connectivity index (χ3n) is 3.15. The summed E-state index contributed by atoms with van der Waals surface area (Å²) in [6.07, 6.45) is 0.183. The van der Waals surface area contributed by atoms with Gasteiger partial charge in [0.25, 0.3) is 0 Å². The van der Waals surface area contributed by atoms with Crippen molar-refractivity contribution in [1.82, 2.24) is 0 Å². The topological polar surface area (TPSA) is 29.5 Å². The summed E-state index contributed by atoms with van der Waals surface area (Å²) in [5.41, 5.74) is 3.22. The fraction of sp³-hybridized carbons (Fsp3) is 0.286. The van der Waals surface area contributed by atoms with Gasteiger partial charge in [-0.25, -0.2) is 0 Å². The lowest BCUT2D eigenvalue weighted by atomic mass is 9.95. The minimum atomic E-state index is -0.427. The number of aryl methyl sites for hydroxylation is 1. The van der Waals surface area contributed by atoms with Crippen molar-refractivity contribution < 1.29 is 9.84 Å². The molecule has 17 heavy (non-hydrogen) atoms. The molecule has 2 atom stereocenters. The molecule has 3 rings (SSSR count). The molecule has 1 aromatic heterocycles. The van der Waals surface area contributed by atoms with E-state index in [-0.39, 0.29) is 6.10 Å². The molecule has 2 aromatic rings. The lowest BCUT2D eigenvalue weighted by molar-refractivity contribution is 0.0659. The summed E-state index contributed by atoms with van der Waals surface area (Å²) in [6.45, 7) is 2.03. The molecule has 0 bridgehead atoms. The zero-order valence-electron chi connectivity index (χ0n) is 9.59. The van der Waals surface area contributed by atoms with Gasteiger partial charge in [0.15, 0.2) is 0 Å². The van der Waals surface area contributed by atoms with Crippen LogP contribution in [-0.4, -0.2) is 5.11 Å². The van der Waals surface area contributed by atoms with Crippen molar-refractivity contribution >= 4 is 11.3 Å². The SMILES string of the molecule is Cc1ccc2c(c1)[C@@H](O)CC(c1ccsc1)O2. The maximum absolute atomic E-state index is 10.2.